The second-order valence-electron chi connectivity index (χ2n) is 1.85. The molecule has 2 N–H and O–H groups in total. The van der Waals surface area contributed by atoms with Crippen molar-refractivity contribution in [2.24, 2.45) is 5.73 Å². The van der Waals surface area contributed by atoms with Crippen LogP contribution < -0.4 is 5.73 Å². The molecule has 0 unspecified atom stereocenters. The molecule has 2 heteroatoms. The van der Waals surface area contributed by atoms with Crippen molar-refractivity contribution in [3.05, 3.63) is 24.6 Å². The summed E-state index contributed by atoms with van der Waals surface area (Å²) >= 11 is 0. The van der Waals surface area contributed by atoms with Crippen molar-refractivity contribution >= 4 is 0 Å². The van der Waals surface area contributed by atoms with Gasteiger partial charge in [-0.25, -0.2) is 0 Å². The van der Waals surface area contributed by atoms with Gasteiger partial charge in [0.15, 0.2) is 0 Å². The Morgan fingerprint density at radius 3 is 2.25 bits per heavy atom. The molecule has 0 saturated carbocycles. The Labute approximate surface area is 50.3 Å². The van der Waals surface area contributed by atoms with Gasteiger partial charge in [-0.1, -0.05) is 6.58 Å². The van der Waals surface area contributed by atoms with Gasteiger partial charge in [0.25, 0.3) is 0 Å². The maximum Gasteiger partial charge on any atom is 0.0255 e. The van der Waals surface area contributed by atoms with Gasteiger partial charge < -0.3 is 10.6 Å². The molecular weight excluding hydrogens is 100 g/mol. The predicted molar refractivity (Wildman–Crippen MR) is 36.2 cm³/mol. The van der Waals surface area contributed by atoms with E-state index in [4.69, 9.17) is 5.73 Å². The standard InChI is InChI=1S/C6H12N2/c1-6(7)4-5-8(2)3/h4-5H,1,7H2,2-3H3. The molecule has 0 aliphatic carbocycles. The van der Waals surface area contributed by atoms with E-state index in [9.17, 15) is 0 Å². The Bertz CT molecular complexity index is 103. The van der Waals surface area contributed by atoms with Gasteiger partial charge in [0, 0.05) is 26.0 Å². The van der Waals surface area contributed by atoms with Gasteiger partial charge in [0.05, 0.1) is 0 Å². The van der Waals surface area contributed by atoms with E-state index in [1.54, 1.807) is 6.08 Å². The molecule has 0 aliphatic rings. The number of hydrogen-bond donors (Lipinski definition) is 1. The molecule has 0 bridgehead atoms. The summed E-state index contributed by atoms with van der Waals surface area (Å²) in [5, 5.41) is 0. The maximum absolute atomic E-state index is 5.23. The number of hydrogen-bond acceptors (Lipinski definition) is 2. The fraction of sp³-hybridized carbons (Fsp3) is 0.333. The van der Waals surface area contributed by atoms with Gasteiger partial charge in [-0.15, -0.1) is 0 Å². The third-order valence-corrected chi connectivity index (χ3v) is 0.587. The summed E-state index contributed by atoms with van der Waals surface area (Å²) in [6.45, 7) is 3.49. The predicted octanol–water partition coefficient (Wildman–Crippen LogP) is 0.534. The van der Waals surface area contributed by atoms with Crippen molar-refractivity contribution in [1.82, 2.24) is 4.90 Å². The quantitative estimate of drug-likeness (QED) is 0.528. The van der Waals surface area contributed by atoms with E-state index >= 15 is 0 Å². The fourth-order valence-corrected chi connectivity index (χ4v) is 0.245. The maximum atomic E-state index is 5.23. The molecule has 0 radical (unpaired) electrons. The molecule has 8 heavy (non-hydrogen) atoms. The van der Waals surface area contributed by atoms with Crippen LogP contribution in [0.25, 0.3) is 0 Å². The number of rotatable bonds is 2. The average Bonchev–Trinajstić information content (AvgIpc) is 1.61. The van der Waals surface area contributed by atoms with E-state index < -0.39 is 0 Å². The lowest BCUT2D eigenvalue weighted by Gasteiger charge is -2.01. The van der Waals surface area contributed by atoms with E-state index in [0.29, 0.717) is 5.70 Å². The molecule has 0 amide bonds. The first kappa shape index (κ1) is 7.08. The Morgan fingerprint density at radius 1 is 1.62 bits per heavy atom. The van der Waals surface area contributed by atoms with E-state index in [1.165, 1.54) is 0 Å². The monoisotopic (exact) mass is 112 g/mol. The minimum Gasteiger partial charge on any atom is -0.399 e. The first-order valence-electron chi connectivity index (χ1n) is 2.42. The summed E-state index contributed by atoms with van der Waals surface area (Å²) < 4.78 is 0. The fourth-order valence-electron chi connectivity index (χ4n) is 0.245. The van der Waals surface area contributed by atoms with Crippen LogP contribution in [-0.2, 0) is 0 Å². The van der Waals surface area contributed by atoms with Crippen LogP contribution in [0.5, 0.6) is 0 Å². The van der Waals surface area contributed by atoms with Crippen LogP contribution >= 0.6 is 0 Å². The summed E-state index contributed by atoms with van der Waals surface area (Å²) in [5.74, 6) is 0. The molecule has 0 heterocycles. The van der Waals surface area contributed by atoms with Crippen molar-refractivity contribution in [2.45, 2.75) is 0 Å². The van der Waals surface area contributed by atoms with E-state index in [1.807, 2.05) is 25.2 Å². The second-order valence-corrected chi connectivity index (χ2v) is 1.85. The highest BCUT2D eigenvalue weighted by Gasteiger charge is 1.74. The highest BCUT2D eigenvalue weighted by molar-refractivity contribution is 5.08. The summed E-state index contributed by atoms with van der Waals surface area (Å²) in [6.07, 6.45) is 3.60. The lowest BCUT2D eigenvalue weighted by Crippen LogP contribution is -2.01. The van der Waals surface area contributed by atoms with E-state index in [-0.39, 0.29) is 0 Å². The van der Waals surface area contributed by atoms with Crippen LogP contribution in [0.1, 0.15) is 0 Å². The van der Waals surface area contributed by atoms with Crippen molar-refractivity contribution in [3.8, 4) is 0 Å². The van der Waals surface area contributed by atoms with Crippen molar-refractivity contribution < 1.29 is 0 Å². The molecule has 0 aromatic carbocycles. The summed E-state index contributed by atoms with van der Waals surface area (Å²) in [7, 11) is 3.86. The minimum atomic E-state index is 0.582. The highest BCUT2D eigenvalue weighted by Crippen LogP contribution is 1.81. The van der Waals surface area contributed by atoms with Crippen molar-refractivity contribution in [2.75, 3.05) is 14.1 Å². The molecule has 0 atom stereocenters. The Morgan fingerprint density at radius 2 is 2.12 bits per heavy atom. The average molecular weight is 112 g/mol. The van der Waals surface area contributed by atoms with Crippen LogP contribution in [0.15, 0.2) is 24.6 Å². The molecule has 0 fully saturated rings. The molecule has 0 rings (SSSR count). The van der Waals surface area contributed by atoms with Crippen molar-refractivity contribution in [1.29, 1.82) is 0 Å². The van der Waals surface area contributed by atoms with Gasteiger partial charge >= 0.3 is 0 Å². The molecular formula is C6H12N2. The zero-order chi connectivity index (χ0) is 6.57. The largest absolute Gasteiger partial charge is 0.399 e. The van der Waals surface area contributed by atoms with E-state index in [2.05, 4.69) is 6.58 Å². The summed E-state index contributed by atoms with van der Waals surface area (Å²) in [5.41, 5.74) is 5.81. The lowest BCUT2D eigenvalue weighted by molar-refractivity contribution is 0.563. The van der Waals surface area contributed by atoms with Crippen molar-refractivity contribution in [3.63, 3.8) is 0 Å². The highest BCUT2D eigenvalue weighted by atomic mass is 15.0. The van der Waals surface area contributed by atoms with Gasteiger partial charge in [0.2, 0.25) is 0 Å². The Hall–Kier alpha value is -0.920. The summed E-state index contributed by atoms with van der Waals surface area (Å²) in [6, 6.07) is 0. The number of nitrogens with zero attached hydrogens (tertiary/aromatic N) is 1. The first-order valence-corrected chi connectivity index (χ1v) is 2.42. The third-order valence-electron chi connectivity index (χ3n) is 0.587. The number of allylic oxidation sites excluding steroid dienone is 1. The molecule has 0 spiro atoms. The zero-order valence-electron chi connectivity index (χ0n) is 5.39. The van der Waals surface area contributed by atoms with Crippen LogP contribution in [0, 0.1) is 0 Å². The first-order chi connectivity index (χ1) is 3.63. The smallest absolute Gasteiger partial charge is 0.0255 e. The minimum absolute atomic E-state index is 0.582. The SMILES string of the molecule is C=C(N)C=CN(C)C. The normalized spacial score (nSPS) is 9.75. The van der Waals surface area contributed by atoms with Gasteiger partial charge in [-0.2, -0.15) is 0 Å². The van der Waals surface area contributed by atoms with E-state index in [0.717, 1.165) is 0 Å². The summed E-state index contributed by atoms with van der Waals surface area (Å²) in [4.78, 5) is 1.90. The second kappa shape index (κ2) is 3.13. The van der Waals surface area contributed by atoms with Crippen LogP contribution in [0.3, 0.4) is 0 Å². The molecule has 0 aromatic heterocycles. The zero-order valence-corrected chi connectivity index (χ0v) is 5.39. The number of nitrogens with two attached hydrogens (primary N) is 1. The van der Waals surface area contributed by atoms with Gasteiger partial charge in [0.1, 0.15) is 0 Å². The van der Waals surface area contributed by atoms with Crippen LogP contribution in [0.2, 0.25) is 0 Å². The van der Waals surface area contributed by atoms with Crippen LogP contribution in [0.4, 0.5) is 0 Å². The lowest BCUT2D eigenvalue weighted by atomic mass is 10.5. The third kappa shape index (κ3) is 5.08. The van der Waals surface area contributed by atoms with Crippen LogP contribution in [-0.4, -0.2) is 19.0 Å². The molecule has 0 aliphatic heterocycles. The molecule has 0 saturated heterocycles. The van der Waals surface area contributed by atoms with Gasteiger partial charge in [-0.05, 0) is 6.08 Å². The molecule has 0 aromatic rings. The Kier molecular flexibility index (Phi) is 2.77. The topological polar surface area (TPSA) is 29.3 Å². The van der Waals surface area contributed by atoms with Gasteiger partial charge in [-0.3, -0.25) is 0 Å². The molecule has 2 nitrogen and oxygen atoms in total. The Balaban J connectivity index is 3.50. The molecule has 46 valence electrons.